The van der Waals surface area contributed by atoms with Gasteiger partial charge >= 0.3 is 0 Å². The second-order valence-electron chi connectivity index (χ2n) is 5.54. The third kappa shape index (κ3) is 2.37. The molecule has 0 aliphatic heterocycles. The molecular formula is C16H18O2. The largest absolute Gasteiger partial charge is 0.458 e. The first-order valence-corrected chi connectivity index (χ1v) is 6.10. The molecule has 18 heavy (non-hydrogen) atoms. The molecule has 0 amide bonds. The Kier molecular flexibility index (Phi) is 3.12. The van der Waals surface area contributed by atoms with Crippen LogP contribution >= 0.6 is 0 Å². The van der Waals surface area contributed by atoms with Gasteiger partial charge < -0.3 is 4.42 Å². The highest BCUT2D eigenvalue weighted by Gasteiger charge is 2.23. The van der Waals surface area contributed by atoms with Gasteiger partial charge in [0.05, 0.1) is 0 Å². The van der Waals surface area contributed by atoms with Crippen LogP contribution in [0.25, 0.3) is 0 Å². The molecule has 0 spiro atoms. The summed E-state index contributed by atoms with van der Waals surface area (Å²) in [6.07, 6.45) is 0. The Labute approximate surface area is 108 Å². The van der Waals surface area contributed by atoms with Crippen LogP contribution in [0.3, 0.4) is 0 Å². The third-order valence-electron chi connectivity index (χ3n) is 2.94. The summed E-state index contributed by atoms with van der Waals surface area (Å²) in [7, 11) is 0. The summed E-state index contributed by atoms with van der Waals surface area (Å²) in [4.78, 5) is 12.4. The molecule has 1 aromatic heterocycles. The van der Waals surface area contributed by atoms with E-state index in [1.165, 1.54) is 0 Å². The summed E-state index contributed by atoms with van der Waals surface area (Å²) < 4.78 is 5.42. The van der Waals surface area contributed by atoms with Crippen LogP contribution in [-0.2, 0) is 5.41 Å². The number of carbonyl (C=O) groups is 1. The van der Waals surface area contributed by atoms with Gasteiger partial charge in [0.25, 0.3) is 0 Å². The monoisotopic (exact) mass is 242 g/mol. The van der Waals surface area contributed by atoms with Gasteiger partial charge in [-0.2, -0.15) is 0 Å². The number of rotatable bonds is 2. The van der Waals surface area contributed by atoms with Gasteiger partial charge in [0, 0.05) is 5.56 Å². The van der Waals surface area contributed by atoms with E-state index < -0.39 is 0 Å². The minimum absolute atomic E-state index is 0.0476. The number of hydrogen-bond donors (Lipinski definition) is 0. The van der Waals surface area contributed by atoms with E-state index in [9.17, 15) is 4.79 Å². The SMILES string of the molecule is Cc1ccc(C(=O)c2ccccc2C(C)(C)C)o1. The van der Waals surface area contributed by atoms with Crippen LogP contribution in [0.5, 0.6) is 0 Å². The van der Waals surface area contributed by atoms with Crippen LogP contribution in [0.4, 0.5) is 0 Å². The Hall–Kier alpha value is -1.83. The van der Waals surface area contributed by atoms with Crippen molar-refractivity contribution in [3.63, 3.8) is 0 Å². The predicted molar refractivity (Wildman–Crippen MR) is 72.0 cm³/mol. The summed E-state index contributed by atoms with van der Waals surface area (Å²) in [6.45, 7) is 8.15. The first-order chi connectivity index (χ1) is 8.39. The predicted octanol–water partition coefficient (Wildman–Crippen LogP) is 4.12. The zero-order chi connectivity index (χ0) is 13.3. The van der Waals surface area contributed by atoms with Gasteiger partial charge in [-0.15, -0.1) is 0 Å². The molecule has 0 aliphatic carbocycles. The van der Waals surface area contributed by atoms with Crippen LogP contribution in [0.2, 0.25) is 0 Å². The van der Waals surface area contributed by atoms with Crippen LogP contribution in [0.1, 0.15) is 48.2 Å². The highest BCUT2D eigenvalue weighted by molar-refractivity contribution is 6.08. The van der Waals surface area contributed by atoms with Gasteiger partial charge in [0.2, 0.25) is 5.78 Å². The van der Waals surface area contributed by atoms with Crippen molar-refractivity contribution in [3.05, 3.63) is 59.0 Å². The van der Waals surface area contributed by atoms with Gasteiger partial charge in [0.15, 0.2) is 5.76 Å². The number of hydrogen-bond acceptors (Lipinski definition) is 2. The summed E-state index contributed by atoms with van der Waals surface area (Å²) in [5.74, 6) is 1.12. The molecule has 0 saturated carbocycles. The third-order valence-corrected chi connectivity index (χ3v) is 2.94. The standard InChI is InChI=1S/C16H18O2/c1-11-9-10-14(18-11)15(17)12-7-5-6-8-13(12)16(2,3)4/h5-10H,1-4H3. The molecule has 0 aliphatic rings. The van der Waals surface area contributed by atoms with Crippen molar-refractivity contribution in [1.29, 1.82) is 0 Å². The van der Waals surface area contributed by atoms with Crippen molar-refractivity contribution in [2.45, 2.75) is 33.1 Å². The second kappa shape index (κ2) is 4.45. The average Bonchev–Trinajstić information content (AvgIpc) is 2.74. The molecule has 1 aromatic carbocycles. The van der Waals surface area contributed by atoms with E-state index in [4.69, 9.17) is 4.42 Å². The number of aryl methyl sites for hydroxylation is 1. The van der Waals surface area contributed by atoms with E-state index >= 15 is 0 Å². The lowest BCUT2D eigenvalue weighted by Crippen LogP contribution is -2.17. The van der Waals surface area contributed by atoms with E-state index in [0.717, 1.165) is 16.9 Å². The summed E-state index contributed by atoms with van der Waals surface area (Å²) >= 11 is 0. The summed E-state index contributed by atoms with van der Waals surface area (Å²) in [5.41, 5.74) is 1.71. The Balaban J connectivity index is 2.49. The Morgan fingerprint density at radius 2 is 1.72 bits per heavy atom. The Morgan fingerprint density at radius 1 is 1.06 bits per heavy atom. The van der Waals surface area contributed by atoms with E-state index in [1.54, 1.807) is 6.07 Å². The Bertz CT molecular complexity index is 571. The van der Waals surface area contributed by atoms with E-state index in [0.29, 0.717) is 5.76 Å². The van der Waals surface area contributed by atoms with Crippen LogP contribution < -0.4 is 0 Å². The van der Waals surface area contributed by atoms with Crippen LogP contribution in [-0.4, -0.2) is 5.78 Å². The molecule has 0 radical (unpaired) electrons. The topological polar surface area (TPSA) is 30.2 Å². The quantitative estimate of drug-likeness (QED) is 0.742. The van der Waals surface area contributed by atoms with Gasteiger partial charge in [-0.1, -0.05) is 45.0 Å². The number of ketones is 1. The van der Waals surface area contributed by atoms with Gasteiger partial charge in [-0.3, -0.25) is 4.79 Å². The molecule has 0 saturated heterocycles. The van der Waals surface area contributed by atoms with Crippen molar-refractivity contribution in [2.75, 3.05) is 0 Å². The lowest BCUT2D eigenvalue weighted by molar-refractivity contribution is 0.101. The Morgan fingerprint density at radius 3 is 2.28 bits per heavy atom. The zero-order valence-electron chi connectivity index (χ0n) is 11.3. The molecule has 2 rings (SSSR count). The first-order valence-electron chi connectivity index (χ1n) is 6.10. The van der Waals surface area contributed by atoms with Crippen molar-refractivity contribution in [1.82, 2.24) is 0 Å². The smallest absolute Gasteiger partial charge is 0.228 e. The van der Waals surface area contributed by atoms with Crippen molar-refractivity contribution in [2.24, 2.45) is 0 Å². The lowest BCUT2D eigenvalue weighted by atomic mass is 9.82. The molecule has 94 valence electrons. The van der Waals surface area contributed by atoms with Crippen LogP contribution in [0.15, 0.2) is 40.8 Å². The first kappa shape index (κ1) is 12.6. The molecule has 0 atom stereocenters. The number of benzene rings is 1. The van der Waals surface area contributed by atoms with Crippen molar-refractivity contribution < 1.29 is 9.21 Å². The maximum absolute atomic E-state index is 12.4. The molecular weight excluding hydrogens is 224 g/mol. The molecule has 0 N–H and O–H groups in total. The minimum Gasteiger partial charge on any atom is -0.458 e. The lowest BCUT2D eigenvalue weighted by Gasteiger charge is -2.21. The average molecular weight is 242 g/mol. The molecule has 2 aromatic rings. The van der Waals surface area contributed by atoms with Crippen molar-refractivity contribution in [3.8, 4) is 0 Å². The van der Waals surface area contributed by atoms with Crippen LogP contribution in [0, 0.1) is 6.92 Å². The fraction of sp³-hybridized carbons (Fsp3) is 0.312. The number of furan rings is 1. The fourth-order valence-electron chi connectivity index (χ4n) is 2.02. The minimum atomic E-state index is -0.0616. The van der Waals surface area contributed by atoms with Crippen molar-refractivity contribution >= 4 is 5.78 Å². The van der Waals surface area contributed by atoms with Gasteiger partial charge in [0.1, 0.15) is 5.76 Å². The maximum atomic E-state index is 12.4. The molecule has 0 fully saturated rings. The van der Waals surface area contributed by atoms with E-state index in [-0.39, 0.29) is 11.2 Å². The second-order valence-corrected chi connectivity index (χ2v) is 5.54. The highest BCUT2D eigenvalue weighted by Crippen LogP contribution is 2.27. The summed E-state index contributed by atoms with van der Waals surface area (Å²) in [5, 5.41) is 0. The molecule has 2 nitrogen and oxygen atoms in total. The fourth-order valence-corrected chi connectivity index (χ4v) is 2.02. The highest BCUT2D eigenvalue weighted by atomic mass is 16.3. The molecule has 0 bridgehead atoms. The number of carbonyl (C=O) groups excluding carboxylic acids is 1. The maximum Gasteiger partial charge on any atom is 0.228 e. The van der Waals surface area contributed by atoms with E-state index in [2.05, 4.69) is 20.8 Å². The molecule has 1 heterocycles. The normalized spacial score (nSPS) is 11.6. The molecule has 2 heteroatoms. The zero-order valence-corrected chi connectivity index (χ0v) is 11.3. The van der Waals surface area contributed by atoms with E-state index in [1.807, 2.05) is 37.3 Å². The molecule has 0 unspecified atom stereocenters. The summed E-state index contributed by atoms with van der Waals surface area (Å²) in [6, 6.07) is 11.3. The van der Waals surface area contributed by atoms with Gasteiger partial charge in [-0.05, 0) is 30.0 Å². The van der Waals surface area contributed by atoms with Gasteiger partial charge in [-0.25, -0.2) is 0 Å².